The van der Waals surface area contributed by atoms with Gasteiger partial charge in [-0.25, -0.2) is 0 Å². The van der Waals surface area contributed by atoms with Gasteiger partial charge in [0.2, 0.25) is 0 Å². The van der Waals surface area contributed by atoms with Crippen LogP contribution in [0.2, 0.25) is 0 Å². The van der Waals surface area contributed by atoms with Gasteiger partial charge in [0.05, 0.1) is 6.67 Å². The summed E-state index contributed by atoms with van der Waals surface area (Å²) in [5.41, 5.74) is 0. The molecule has 0 heterocycles. The lowest BCUT2D eigenvalue weighted by Crippen LogP contribution is -2.22. The number of nitrogens with zero attached hydrogens (tertiary/aromatic N) is 2. The molecule has 10 heavy (non-hydrogen) atoms. The van der Waals surface area contributed by atoms with Gasteiger partial charge >= 0.3 is 0 Å². The fraction of sp³-hybridized carbons (Fsp3) is 0.875. The maximum Gasteiger partial charge on any atom is 0.0905 e. The fourth-order valence-corrected chi connectivity index (χ4v) is 0.726. The first-order valence-electron chi connectivity index (χ1n) is 4.05. The van der Waals surface area contributed by atoms with Crippen molar-refractivity contribution in [1.82, 2.24) is 4.90 Å². The second-order valence-corrected chi connectivity index (χ2v) is 2.22. The van der Waals surface area contributed by atoms with Crippen LogP contribution >= 0.6 is 0 Å². The zero-order valence-corrected chi connectivity index (χ0v) is 7.30. The maximum absolute atomic E-state index is 4.23. The van der Waals surface area contributed by atoms with Gasteiger partial charge in [0.15, 0.2) is 0 Å². The summed E-state index contributed by atoms with van der Waals surface area (Å²) in [6.45, 7) is 9.47. The lowest BCUT2D eigenvalue weighted by Gasteiger charge is -2.13. The van der Waals surface area contributed by atoms with E-state index in [1.165, 1.54) is 0 Å². The molecule has 0 fully saturated rings. The van der Waals surface area contributed by atoms with Crippen molar-refractivity contribution in [2.24, 2.45) is 4.99 Å². The molecule has 0 spiro atoms. The number of aliphatic imine (C=N–C) groups is 1. The van der Waals surface area contributed by atoms with E-state index in [2.05, 4.69) is 30.7 Å². The van der Waals surface area contributed by atoms with Crippen LogP contribution in [0.15, 0.2) is 4.99 Å². The minimum absolute atomic E-state index is 0.862. The van der Waals surface area contributed by atoms with Gasteiger partial charge in [0.25, 0.3) is 0 Å². The van der Waals surface area contributed by atoms with Crippen LogP contribution in [0.1, 0.15) is 27.2 Å². The van der Waals surface area contributed by atoms with Crippen molar-refractivity contribution in [2.75, 3.05) is 19.8 Å². The molecule has 0 saturated heterocycles. The summed E-state index contributed by atoms with van der Waals surface area (Å²) < 4.78 is 0. The van der Waals surface area contributed by atoms with E-state index in [1.54, 1.807) is 0 Å². The molecule has 0 amide bonds. The van der Waals surface area contributed by atoms with Crippen molar-refractivity contribution in [2.45, 2.75) is 27.2 Å². The molecule has 0 radical (unpaired) electrons. The molecule has 2 heteroatoms. The Labute approximate surface area is 63.9 Å². The number of rotatable bonds is 5. The highest BCUT2D eigenvalue weighted by Gasteiger charge is 1.92. The molecule has 2 nitrogen and oxygen atoms in total. The van der Waals surface area contributed by atoms with Gasteiger partial charge in [0, 0.05) is 6.21 Å². The molecule has 0 N–H and O–H groups in total. The highest BCUT2D eigenvalue weighted by Crippen LogP contribution is 1.85. The van der Waals surface area contributed by atoms with Crippen LogP contribution in [0.3, 0.4) is 0 Å². The zero-order valence-electron chi connectivity index (χ0n) is 7.30. The average molecular weight is 142 g/mol. The molecule has 0 aliphatic carbocycles. The molecule has 0 aliphatic heterocycles. The lowest BCUT2D eigenvalue weighted by atomic mass is 10.5. The second kappa shape index (κ2) is 6.75. The highest BCUT2D eigenvalue weighted by molar-refractivity contribution is 5.56. The molecule has 0 bridgehead atoms. The largest absolute Gasteiger partial charge is 0.285 e. The molecule has 0 rings (SSSR count). The third-order valence-corrected chi connectivity index (χ3v) is 1.49. The van der Waals surface area contributed by atoms with Crippen LogP contribution in [-0.2, 0) is 0 Å². The minimum atomic E-state index is 0.862. The van der Waals surface area contributed by atoms with Gasteiger partial charge in [-0.2, -0.15) is 0 Å². The normalized spacial score (nSPS) is 11.6. The highest BCUT2D eigenvalue weighted by atomic mass is 15.2. The molecular formula is C8H18N2. The monoisotopic (exact) mass is 142 g/mol. The molecule has 0 aromatic heterocycles. The second-order valence-electron chi connectivity index (χ2n) is 2.22. The molecule has 0 aliphatic rings. The zero-order chi connectivity index (χ0) is 7.82. The summed E-state index contributed by atoms with van der Waals surface area (Å²) in [5.74, 6) is 0. The summed E-state index contributed by atoms with van der Waals surface area (Å²) in [7, 11) is 0. The summed E-state index contributed by atoms with van der Waals surface area (Å²) in [5, 5.41) is 0. The number of hydrogen-bond acceptors (Lipinski definition) is 2. The predicted octanol–water partition coefficient (Wildman–Crippen LogP) is 1.77. The molecule has 0 saturated carbocycles. The Morgan fingerprint density at radius 2 is 1.80 bits per heavy atom. The van der Waals surface area contributed by atoms with Crippen molar-refractivity contribution in [1.29, 1.82) is 0 Å². The van der Waals surface area contributed by atoms with Crippen LogP contribution < -0.4 is 0 Å². The quantitative estimate of drug-likeness (QED) is 0.534. The third kappa shape index (κ3) is 4.50. The Kier molecular flexibility index (Phi) is 6.50. The Hall–Kier alpha value is -0.370. The molecular weight excluding hydrogens is 124 g/mol. The van der Waals surface area contributed by atoms with E-state index < -0.39 is 0 Å². The molecule has 0 atom stereocenters. The topological polar surface area (TPSA) is 15.6 Å². The SMILES string of the molecule is CCC=NCN(CC)CC. The smallest absolute Gasteiger partial charge is 0.0905 e. The van der Waals surface area contributed by atoms with Crippen molar-refractivity contribution < 1.29 is 0 Å². The van der Waals surface area contributed by atoms with E-state index in [-0.39, 0.29) is 0 Å². The standard InChI is InChI=1S/C8H18N2/c1-4-7-9-8-10(5-2)6-3/h7H,4-6,8H2,1-3H3. The van der Waals surface area contributed by atoms with Gasteiger partial charge in [-0.15, -0.1) is 0 Å². The van der Waals surface area contributed by atoms with Crippen molar-refractivity contribution >= 4 is 6.21 Å². The van der Waals surface area contributed by atoms with Gasteiger partial charge in [-0.1, -0.05) is 20.8 Å². The summed E-state index contributed by atoms with van der Waals surface area (Å²) in [4.78, 5) is 6.52. The van der Waals surface area contributed by atoms with Gasteiger partial charge in [-0.3, -0.25) is 9.89 Å². The third-order valence-electron chi connectivity index (χ3n) is 1.49. The van der Waals surface area contributed by atoms with Gasteiger partial charge in [-0.05, 0) is 19.5 Å². The maximum atomic E-state index is 4.23. The van der Waals surface area contributed by atoms with E-state index >= 15 is 0 Å². The fourth-order valence-electron chi connectivity index (χ4n) is 0.726. The Morgan fingerprint density at radius 1 is 1.20 bits per heavy atom. The lowest BCUT2D eigenvalue weighted by molar-refractivity contribution is 0.315. The van der Waals surface area contributed by atoms with Crippen LogP contribution in [0.5, 0.6) is 0 Å². The minimum Gasteiger partial charge on any atom is -0.285 e. The van der Waals surface area contributed by atoms with Crippen LogP contribution in [0.4, 0.5) is 0 Å². The van der Waals surface area contributed by atoms with E-state index in [1.807, 2.05) is 6.21 Å². The molecule has 0 aromatic carbocycles. The van der Waals surface area contributed by atoms with E-state index in [0.29, 0.717) is 0 Å². The van der Waals surface area contributed by atoms with Gasteiger partial charge in [0.1, 0.15) is 0 Å². The summed E-state index contributed by atoms with van der Waals surface area (Å²) >= 11 is 0. The van der Waals surface area contributed by atoms with Crippen molar-refractivity contribution in [3.8, 4) is 0 Å². The molecule has 0 unspecified atom stereocenters. The Morgan fingerprint density at radius 3 is 2.20 bits per heavy atom. The van der Waals surface area contributed by atoms with E-state index in [4.69, 9.17) is 0 Å². The summed E-state index contributed by atoms with van der Waals surface area (Å²) in [6, 6.07) is 0. The molecule has 0 aromatic rings. The first-order valence-corrected chi connectivity index (χ1v) is 4.05. The van der Waals surface area contributed by atoms with Gasteiger partial charge < -0.3 is 0 Å². The Bertz CT molecular complexity index is 85.3. The first-order chi connectivity index (χ1) is 4.85. The van der Waals surface area contributed by atoms with Crippen molar-refractivity contribution in [3.05, 3.63) is 0 Å². The van der Waals surface area contributed by atoms with Crippen LogP contribution in [0, 0.1) is 0 Å². The van der Waals surface area contributed by atoms with Crippen molar-refractivity contribution in [3.63, 3.8) is 0 Å². The Balaban J connectivity index is 3.34. The average Bonchev–Trinajstić information content (AvgIpc) is 1.99. The number of hydrogen-bond donors (Lipinski definition) is 0. The van der Waals surface area contributed by atoms with E-state index in [0.717, 1.165) is 26.2 Å². The summed E-state index contributed by atoms with van der Waals surface area (Å²) in [6.07, 6.45) is 3.01. The first kappa shape index (κ1) is 9.63. The predicted molar refractivity (Wildman–Crippen MR) is 46.6 cm³/mol. The van der Waals surface area contributed by atoms with E-state index in [9.17, 15) is 0 Å². The molecule has 60 valence electrons. The van der Waals surface area contributed by atoms with Crippen LogP contribution in [-0.4, -0.2) is 30.9 Å². The van der Waals surface area contributed by atoms with Crippen LogP contribution in [0.25, 0.3) is 0 Å².